The Morgan fingerprint density at radius 1 is 0.262 bits per heavy atom. The highest BCUT2D eigenvalue weighted by molar-refractivity contribution is 5.77. The van der Waals surface area contributed by atoms with Crippen molar-refractivity contribution in [2.45, 2.75) is 189 Å². The number of carbonyl (C=O) groups excluding carboxylic acids is 4. The van der Waals surface area contributed by atoms with Gasteiger partial charge < -0.3 is 99.5 Å². The summed E-state index contributed by atoms with van der Waals surface area (Å²) in [5.41, 5.74) is 15.6. The van der Waals surface area contributed by atoms with Crippen molar-refractivity contribution in [3.8, 4) is 0 Å². The zero-order valence-corrected chi connectivity index (χ0v) is 68.1. The maximum Gasteiger partial charge on any atom is 0.337 e. The van der Waals surface area contributed by atoms with Crippen LogP contribution in [0.25, 0.3) is 10.4 Å². The fourth-order valence-corrected chi connectivity index (χ4v) is 14.8. The monoisotopic (exact) mass is 1670 g/mol. The van der Waals surface area contributed by atoms with Gasteiger partial charge in [0.1, 0.15) is 73.2 Å². The Balaban J connectivity index is 0.943. The number of methoxy groups -OCH3 is 4. The number of hydrogen-bond acceptors (Lipinski definition) is 26. The summed E-state index contributed by atoms with van der Waals surface area (Å²) in [6, 6.07) is 83.5. The van der Waals surface area contributed by atoms with Gasteiger partial charge >= 0.3 is 23.9 Å². The van der Waals surface area contributed by atoms with E-state index in [0.717, 1.165) is 42.0 Å². The van der Waals surface area contributed by atoms with Crippen molar-refractivity contribution < 1.29 is 119 Å². The topological polar surface area (TPSA) is 311 Å². The molecule has 9 aromatic rings. The maximum absolute atomic E-state index is 15.5. The number of carbonyl (C=O) groups is 4. The SMILES string of the molecule is COC(=O)[C@H]1O[C@@H](O[C@H]2[C@H](OCc3ccccc3)[C@H](OCc3ccccc3)[C@H](O[C@H]3[C@H](OCc4ccccc4)[C@H](OCc4ccccc4)[C@H](O[C@H]4[C@H](OCc5ccccc5)[C@H](OCc5ccccc5)[C@H](OCCCN=[N+]=[N-])O[C@@H]4C(=O)OC)O[C@@H]3C(=O)OC)O[C@@H]2C(=O)OC)[C@@H](OCc2ccccc2)[C@@H](OCc2ccccc2)[C@@H]1OCc1ccccc1. The Labute approximate surface area is 708 Å². The van der Waals surface area contributed by atoms with Crippen LogP contribution in [0.3, 0.4) is 0 Å². The lowest BCUT2D eigenvalue weighted by Crippen LogP contribution is -2.70. The standard InChI is InChI=1S/C94H101N3O25/c1-102-87(98)79-71(107-53-62-33-14-5-15-34-62)72(108-54-63-35-16-6-17-36-63)84(113-59-68-45-26-11-27-46-68)92(120-79)117-77-74(110-56-65-39-20-8-21-40-65)86(115-61-70-49-30-13-31-50-70)94(122-81(77)89(100)104-3)118-78-75(111-57-66-41-22-9-23-42-66)85(114-60-69-47-28-12-29-48-69)93(121-82(78)90(101)105-4)116-76-73(109-55-64-37-18-7-19-38-64)83(112-58-67-43-24-10-25-44-67)91(106-52-32-51-96-97-95)119-80(76)88(99)103-2/h5-31,33-50,71-86,91-94H,32,51-61H2,1-4H3/t71-,72-,73-,74-,75-,76-,77-,78-,79-,80-,81-,82-,83-,84-,85-,86-,91+,92+,93+,94+/m0/s1. The minimum atomic E-state index is -1.93. The van der Waals surface area contributed by atoms with E-state index in [1.165, 1.54) is 14.2 Å². The summed E-state index contributed by atoms with van der Waals surface area (Å²) in [6.07, 6.45) is -31.4. The van der Waals surface area contributed by atoms with Gasteiger partial charge in [0.25, 0.3) is 0 Å². The summed E-state index contributed by atoms with van der Waals surface area (Å²) >= 11 is 0. The first-order valence-corrected chi connectivity index (χ1v) is 40.4. The van der Waals surface area contributed by atoms with Crippen molar-refractivity contribution in [2.24, 2.45) is 5.11 Å². The van der Waals surface area contributed by atoms with E-state index in [4.69, 9.17) is 99.5 Å². The Morgan fingerprint density at radius 2 is 0.451 bits per heavy atom. The molecule has 4 aliphatic rings. The number of nitrogens with zero attached hydrogens (tertiary/aromatic N) is 3. The average molecular weight is 1670 g/mol. The molecule has 4 aliphatic heterocycles. The third-order valence-corrected chi connectivity index (χ3v) is 20.9. The molecule has 0 aromatic heterocycles. The molecule has 0 aliphatic carbocycles. The molecule has 28 heteroatoms. The molecule has 4 saturated heterocycles. The highest BCUT2D eigenvalue weighted by Gasteiger charge is 2.62. The van der Waals surface area contributed by atoms with Gasteiger partial charge in [-0.15, -0.1) is 0 Å². The molecule has 20 atom stereocenters. The first kappa shape index (κ1) is 89.3. The Kier molecular flexibility index (Phi) is 34.1. The highest BCUT2D eigenvalue weighted by Crippen LogP contribution is 2.42. The molecule has 4 heterocycles. The molecule has 0 bridgehead atoms. The fourth-order valence-electron chi connectivity index (χ4n) is 14.8. The lowest BCUT2D eigenvalue weighted by Gasteiger charge is -2.51. The van der Waals surface area contributed by atoms with Gasteiger partial charge in [-0.1, -0.05) is 278 Å². The van der Waals surface area contributed by atoms with Crippen LogP contribution in [0.5, 0.6) is 0 Å². The summed E-state index contributed by atoms with van der Waals surface area (Å²) in [4.78, 5) is 63.5. The Bertz CT molecular complexity index is 4640. The van der Waals surface area contributed by atoms with Crippen LogP contribution in [-0.2, 0) is 178 Å². The van der Waals surface area contributed by atoms with Gasteiger partial charge in [-0.2, -0.15) is 0 Å². The Hall–Kier alpha value is -10.5. The summed E-state index contributed by atoms with van der Waals surface area (Å²) in [7, 11) is 4.72. The minimum Gasteiger partial charge on any atom is -0.467 e. The van der Waals surface area contributed by atoms with Crippen LogP contribution >= 0.6 is 0 Å². The van der Waals surface area contributed by atoms with E-state index >= 15 is 9.59 Å². The zero-order valence-electron chi connectivity index (χ0n) is 68.1. The third kappa shape index (κ3) is 24.5. The molecular weight excluding hydrogens is 1570 g/mol. The van der Waals surface area contributed by atoms with Crippen LogP contribution in [0.2, 0.25) is 0 Å². The molecule has 28 nitrogen and oxygen atoms in total. The molecule has 9 aromatic carbocycles. The number of rotatable bonds is 42. The quantitative estimate of drug-likeness (QED) is 0.00857. The van der Waals surface area contributed by atoms with Crippen molar-refractivity contribution in [3.05, 3.63) is 334 Å². The van der Waals surface area contributed by atoms with Crippen LogP contribution in [0.4, 0.5) is 0 Å². The van der Waals surface area contributed by atoms with E-state index in [2.05, 4.69) is 10.0 Å². The zero-order chi connectivity index (χ0) is 84.6. The molecule has 122 heavy (non-hydrogen) atoms. The molecule has 13 rings (SSSR count). The molecule has 0 radical (unpaired) electrons. The normalized spacial score (nSPS) is 26.4. The molecule has 0 spiro atoms. The molecule has 0 amide bonds. The molecule has 4 fully saturated rings. The second kappa shape index (κ2) is 46.7. The van der Waals surface area contributed by atoms with Crippen molar-refractivity contribution in [3.63, 3.8) is 0 Å². The predicted octanol–water partition coefficient (Wildman–Crippen LogP) is 12.7. The van der Waals surface area contributed by atoms with E-state index in [-0.39, 0.29) is 79.0 Å². The van der Waals surface area contributed by atoms with Crippen molar-refractivity contribution in [2.75, 3.05) is 41.6 Å². The van der Waals surface area contributed by atoms with Crippen molar-refractivity contribution >= 4 is 23.9 Å². The first-order valence-electron chi connectivity index (χ1n) is 40.4. The maximum atomic E-state index is 15.5. The van der Waals surface area contributed by atoms with Crippen LogP contribution in [-0.4, -0.2) is 188 Å². The number of esters is 4. The lowest BCUT2D eigenvalue weighted by molar-refractivity contribution is -0.393. The van der Waals surface area contributed by atoms with Gasteiger partial charge in [0.2, 0.25) is 0 Å². The largest absolute Gasteiger partial charge is 0.467 e. The van der Waals surface area contributed by atoms with Crippen LogP contribution in [0, 0.1) is 0 Å². The Morgan fingerprint density at radius 3 is 0.672 bits per heavy atom. The number of hydrogen-bond donors (Lipinski definition) is 0. The molecule has 0 unspecified atom stereocenters. The van der Waals surface area contributed by atoms with E-state index in [0.29, 0.717) is 22.3 Å². The fraction of sp³-hybridized carbons (Fsp3) is 0.383. The summed E-state index contributed by atoms with van der Waals surface area (Å²) in [5, 5.41) is 3.70. The average Bonchev–Trinajstić information content (AvgIpc) is 0.754. The van der Waals surface area contributed by atoms with Crippen LogP contribution in [0.15, 0.2) is 278 Å². The molecule has 0 saturated carbocycles. The molecular formula is C94H101N3O25. The van der Waals surface area contributed by atoms with E-state index < -0.39 is 147 Å². The van der Waals surface area contributed by atoms with Gasteiger partial charge in [-0.25, -0.2) is 19.2 Å². The van der Waals surface area contributed by atoms with Crippen molar-refractivity contribution in [1.82, 2.24) is 0 Å². The van der Waals surface area contributed by atoms with E-state index in [1.807, 2.05) is 273 Å². The number of benzene rings is 9. The van der Waals surface area contributed by atoms with E-state index in [1.54, 1.807) is 0 Å². The summed E-state index contributed by atoms with van der Waals surface area (Å²) in [6.45, 7) is -0.888. The number of ether oxygens (including phenoxy) is 21. The molecule has 0 N–H and O–H groups in total. The lowest BCUT2D eigenvalue weighted by atomic mass is 9.94. The van der Waals surface area contributed by atoms with Gasteiger partial charge in [-0.05, 0) is 62.0 Å². The second-order valence-corrected chi connectivity index (χ2v) is 29.1. The minimum absolute atomic E-state index is 0.0152. The predicted molar refractivity (Wildman–Crippen MR) is 437 cm³/mol. The molecule has 642 valence electrons. The number of azide groups is 1. The van der Waals surface area contributed by atoms with Crippen molar-refractivity contribution in [1.29, 1.82) is 0 Å². The van der Waals surface area contributed by atoms with Gasteiger partial charge in [0.15, 0.2) is 49.6 Å². The van der Waals surface area contributed by atoms with Gasteiger partial charge in [-0.3, -0.25) is 0 Å². The third-order valence-electron chi connectivity index (χ3n) is 20.9. The van der Waals surface area contributed by atoms with Gasteiger partial charge in [0, 0.05) is 18.1 Å². The first-order chi connectivity index (χ1) is 60.0. The highest BCUT2D eigenvalue weighted by atomic mass is 16.8. The second-order valence-electron chi connectivity index (χ2n) is 29.1. The van der Waals surface area contributed by atoms with Gasteiger partial charge in [0.05, 0.1) is 87.9 Å². The summed E-state index contributed by atoms with van der Waals surface area (Å²) < 4.78 is 143. The smallest absolute Gasteiger partial charge is 0.337 e. The van der Waals surface area contributed by atoms with Crippen LogP contribution in [0.1, 0.15) is 56.5 Å². The van der Waals surface area contributed by atoms with Crippen LogP contribution < -0.4 is 0 Å². The summed E-state index contributed by atoms with van der Waals surface area (Å²) in [5.74, 6) is -3.85. The van der Waals surface area contributed by atoms with E-state index in [9.17, 15) is 15.1 Å².